The third-order valence-electron chi connectivity index (χ3n) is 11.7. The van der Waals surface area contributed by atoms with Crippen molar-refractivity contribution in [2.24, 2.45) is 0 Å². The molecule has 0 bridgehead atoms. The second-order valence-corrected chi connectivity index (χ2v) is 25.8. The zero-order valence-corrected chi connectivity index (χ0v) is 31.0. The van der Waals surface area contributed by atoms with Crippen molar-refractivity contribution in [3.63, 3.8) is 0 Å². The van der Waals surface area contributed by atoms with Crippen LogP contribution in [0.5, 0.6) is 0 Å². The first kappa shape index (κ1) is 31.9. The molecular weight excluding hydrogens is 628 g/mol. The topological polar surface area (TPSA) is 6.48 Å². The summed E-state index contributed by atoms with van der Waals surface area (Å²) in [6.45, 7) is 16.4. The number of nitrogens with zero attached hydrogens (tertiary/aromatic N) is 2. The number of benzene rings is 2. The van der Waals surface area contributed by atoms with E-state index in [0.29, 0.717) is 0 Å². The Morgan fingerprint density at radius 3 is 1.09 bits per heavy atom. The van der Waals surface area contributed by atoms with Gasteiger partial charge in [0.1, 0.15) is 0 Å². The Bertz CT molecular complexity index is 1150. The van der Waals surface area contributed by atoms with E-state index in [4.69, 9.17) is 0 Å². The monoisotopic (exact) mass is 689 g/mol. The van der Waals surface area contributed by atoms with Crippen LogP contribution in [-0.4, -0.2) is 34.4 Å². The maximum absolute atomic E-state index is 2.91. The number of aryl methyl sites for hydroxylation is 6. The fourth-order valence-corrected chi connectivity index (χ4v) is 28.8. The van der Waals surface area contributed by atoms with Crippen molar-refractivity contribution in [1.82, 2.24) is 0 Å². The second-order valence-electron chi connectivity index (χ2n) is 15.0. The molecule has 2 aromatic carbocycles. The number of anilines is 2. The molecule has 4 fully saturated rings. The average molecular weight is 689 g/mol. The molecule has 2 nitrogen and oxygen atoms in total. The second kappa shape index (κ2) is 13.8. The van der Waals surface area contributed by atoms with Gasteiger partial charge in [-0.05, 0) is 0 Å². The molecule has 0 amide bonds. The fraction of sp³-hybridized carbons (Fsp3) is 0.667. The minimum atomic E-state index is -1.63. The van der Waals surface area contributed by atoms with Crippen molar-refractivity contribution in [3.8, 4) is 0 Å². The molecule has 0 spiro atoms. The molecule has 0 N–H and O–H groups in total. The summed E-state index contributed by atoms with van der Waals surface area (Å²) < 4.78 is 1.80. The summed E-state index contributed by atoms with van der Waals surface area (Å²) in [6, 6.07) is 9.81. The molecule has 239 valence electrons. The summed E-state index contributed by atoms with van der Waals surface area (Å²) in [5, 5.41) is 0. The van der Waals surface area contributed by atoms with E-state index in [1.54, 1.807) is 54.3 Å². The van der Waals surface area contributed by atoms with Gasteiger partial charge in [0.25, 0.3) is 0 Å². The molecule has 0 unspecified atom stereocenters. The molecule has 3 aliphatic carbocycles. The van der Waals surface area contributed by atoms with Crippen LogP contribution in [0.15, 0.2) is 24.3 Å². The van der Waals surface area contributed by atoms with Crippen molar-refractivity contribution in [3.05, 3.63) is 57.6 Å². The Morgan fingerprint density at radius 1 is 0.488 bits per heavy atom. The Labute approximate surface area is 271 Å². The Morgan fingerprint density at radius 2 is 0.791 bits per heavy atom. The molecule has 4 aliphatic rings. The third-order valence-corrected chi connectivity index (χ3v) is 28.3. The van der Waals surface area contributed by atoms with Crippen LogP contribution in [0.25, 0.3) is 0 Å². The Balaban J connectivity index is 1.60. The summed E-state index contributed by atoms with van der Waals surface area (Å²) in [5.74, 6) is 0. The van der Waals surface area contributed by atoms with Gasteiger partial charge >= 0.3 is 273 Å². The first-order valence-electron chi connectivity index (χ1n) is 18.0. The van der Waals surface area contributed by atoms with Gasteiger partial charge in [0.15, 0.2) is 0 Å². The minimum absolute atomic E-state index is 0.178. The van der Waals surface area contributed by atoms with Gasteiger partial charge in [0.2, 0.25) is 0 Å². The number of hydrogen-bond donors (Lipinski definition) is 0. The van der Waals surface area contributed by atoms with E-state index in [1.807, 2.05) is 0 Å². The van der Waals surface area contributed by atoms with Gasteiger partial charge in [-0.25, -0.2) is 0 Å². The van der Waals surface area contributed by atoms with Crippen LogP contribution in [0.3, 0.4) is 0 Å². The number of hydrogen-bond acceptors (Lipinski definition) is 2. The van der Waals surface area contributed by atoms with Gasteiger partial charge in [0.05, 0.1) is 0 Å². The van der Waals surface area contributed by atoms with Crippen molar-refractivity contribution >= 4 is 21.3 Å². The van der Waals surface area contributed by atoms with E-state index >= 15 is 0 Å². The van der Waals surface area contributed by atoms with E-state index in [2.05, 4.69) is 75.6 Å². The molecule has 6 rings (SSSR count). The van der Waals surface area contributed by atoms with E-state index in [1.165, 1.54) is 91.2 Å². The van der Waals surface area contributed by atoms with Crippen LogP contribution in [0.1, 0.15) is 130 Å². The third kappa shape index (κ3) is 6.35. The van der Waals surface area contributed by atoms with E-state index in [9.17, 15) is 0 Å². The molecule has 0 radical (unpaired) electrons. The van der Waals surface area contributed by atoms with Crippen LogP contribution in [0, 0.1) is 41.5 Å². The molecule has 43 heavy (non-hydrogen) atoms. The summed E-state index contributed by atoms with van der Waals surface area (Å²) in [5.41, 5.74) is 13.4. The van der Waals surface area contributed by atoms with Crippen LogP contribution >= 0.6 is 5.59 Å². The van der Waals surface area contributed by atoms with Gasteiger partial charge in [-0.15, -0.1) is 0 Å². The standard InChI is InChI=1S/C21H26N2.C18H33P.Ru/c1-14-9-16(3)20(17(4)10-14)22-7-8-23(13-22)21-18(5)11-15(2)12-19(21)6;1-4-10-16(11-5-1)19(17-12-6-2-7-13-17)18-14-8-3-9-15-18;/h9-12H,7-8H2,1-6H3;16-18H,1-15H2;/q;;-1/p+1. The van der Waals surface area contributed by atoms with E-state index in [0.717, 1.165) is 30.1 Å². The van der Waals surface area contributed by atoms with Gasteiger partial charge in [-0.2, -0.15) is 0 Å². The summed E-state index contributed by atoms with van der Waals surface area (Å²) >= 11 is 0.178. The predicted octanol–water partition coefficient (Wildman–Crippen LogP) is 10.7. The zero-order chi connectivity index (χ0) is 30.1. The van der Waals surface area contributed by atoms with E-state index in [-0.39, 0.29) is 16.2 Å². The van der Waals surface area contributed by atoms with E-state index < -0.39 is 5.59 Å². The summed E-state index contributed by atoms with van der Waals surface area (Å²) in [7, 11) is 0. The Hall–Kier alpha value is -1.04. The van der Waals surface area contributed by atoms with Crippen molar-refractivity contribution in [2.75, 3.05) is 22.9 Å². The van der Waals surface area contributed by atoms with Gasteiger partial charge in [-0.3, -0.25) is 0 Å². The van der Waals surface area contributed by atoms with Gasteiger partial charge < -0.3 is 0 Å². The van der Waals surface area contributed by atoms with Crippen LogP contribution in [0.2, 0.25) is 0 Å². The Kier molecular flexibility index (Phi) is 10.2. The quantitative estimate of drug-likeness (QED) is 0.220. The van der Waals surface area contributed by atoms with Crippen molar-refractivity contribution in [2.45, 2.75) is 155 Å². The van der Waals surface area contributed by atoms with Crippen molar-refractivity contribution < 1.29 is 16.2 Å². The first-order chi connectivity index (χ1) is 20.8. The fourth-order valence-electron chi connectivity index (χ4n) is 10.2. The molecule has 1 heterocycles. The van der Waals surface area contributed by atoms with Crippen LogP contribution in [-0.2, 0) is 16.2 Å². The molecule has 1 saturated heterocycles. The number of rotatable bonds is 6. The molecule has 3 saturated carbocycles. The summed E-state index contributed by atoms with van der Waals surface area (Å²) in [6.07, 6.45) is 22.9. The predicted molar refractivity (Wildman–Crippen MR) is 190 cm³/mol. The molecule has 0 atom stereocenters. The molecular formula is C39H60N2PRu. The van der Waals surface area contributed by atoms with Crippen LogP contribution < -0.4 is 9.80 Å². The molecule has 0 aromatic heterocycles. The first-order valence-corrected chi connectivity index (χ1v) is 23.6. The van der Waals surface area contributed by atoms with Gasteiger partial charge in [-0.1, -0.05) is 0 Å². The van der Waals surface area contributed by atoms with Crippen LogP contribution in [0.4, 0.5) is 11.4 Å². The summed E-state index contributed by atoms with van der Waals surface area (Å²) in [4.78, 5) is 5.83. The maximum atomic E-state index is 2.91. The van der Waals surface area contributed by atoms with Gasteiger partial charge in [0, 0.05) is 0 Å². The molecule has 4 heteroatoms. The SMILES string of the molecule is Cc1cc(C)c(N2CCN(c3c(C)cc(C)cc3C)[C]2=[Ru][PH](C2CCCCC2)(C2CCCCC2)C2CCCCC2)c(C)c1. The average Bonchev–Trinajstić information content (AvgIpc) is 3.38. The zero-order valence-electron chi connectivity index (χ0n) is 28.3. The molecule has 1 aliphatic heterocycles. The normalized spacial score (nSPS) is 22.0. The molecule has 2 aromatic rings. The van der Waals surface area contributed by atoms with Crippen molar-refractivity contribution in [1.29, 1.82) is 0 Å².